The molecule has 1 aliphatic rings. The summed E-state index contributed by atoms with van der Waals surface area (Å²) in [4.78, 5) is 0. The Kier molecular flexibility index (Phi) is 4.95. The van der Waals surface area contributed by atoms with Gasteiger partial charge in [-0.05, 0) is 0 Å². The fourth-order valence-corrected chi connectivity index (χ4v) is 11.7. The third kappa shape index (κ3) is 2.73. The van der Waals surface area contributed by atoms with Crippen LogP contribution in [0.25, 0.3) is 0 Å². The van der Waals surface area contributed by atoms with Gasteiger partial charge in [-0.15, -0.1) is 0 Å². The number of hydrogen-bond acceptors (Lipinski definition) is 1. The zero-order chi connectivity index (χ0) is 23.0. The van der Waals surface area contributed by atoms with Gasteiger partial charge in [-0.3, -0.25) is 0 Å². The second kappa shape index (κ2) is 8.02. The monoisotopic (exact) mass is 462 g/mol. The molecule has 1 heterocycles. The Morgan fingerprint density at radius 1 is 0.471 bits per heavy atom. The van der Waals surface area contributed by atoms with E-state index < -0.39 is 12.9 Å². The van der Waals surface area contributed by atoms with Crippen LogP contribution in [0.5, 0.6) is 0 Å². The SMILES string of the molecule is Fc1ccccc1[C@@H]1OP(c2ccccc2)(c2ccccc2)(c2ccccc2)c2ccccc21. The Morgan fingerprint density at radius 3 is 1.38 bits per heavy atom. The van der Waals surface area contributed by atoms with Gasteiger partial charge in [-0.1, -0.05) is 0 Å². The summed E-state index contributed by atoms with van der Waals surface area (Å²) in [5.41, 5.74) is 1.58. The van der Waals surface area contributed by atoms with Crippen molar-refractivity contribution in [1.29, 1.82) is 0 Å². The predicted molar refractivity (Wildman–Crippen MR) is 141 cm³/mol. The Labute approximate surface area is 199 Å². The van der Waals surface area contributed by atoms with Crippen LogP contribution in [0.15, 0.2) is 140 Å². The summed E-state index contributed by atoms with van der Waals surface area (Å²) >= 11 is 0. The van der Waals surface area contributed by atoms with Crippen molar-refractivity contribution in [3.63, 3.8) is 0 Å². The quantitative estimate of drug-likeness (QED) is 0.297. The molecule has 0 fully saturated rings. The topological polar surface area (TPSA) is 9.23 Å². The minimum absolute atomic E-state index is 0.255. The molecule has 0 saturated heterocycles. The first kappa shape index (κ1) is 21.0. The molecule has 0 spiro atoms. The molecule has 34 heavy (non-hydrogen) atoms. The van der Waals surface area contributed by atoms with E-state index >= 15 is 4.39 Å². The molecule has 0 N–H and O–H groups in total. The number of fused-ring (bicyclic) bond motifs is 1. The van der Waals surface area contributed by atoms with E-state index in [2.05, 4.69) is 91.0 Å². The van der Waals surface area contributed by atoms with Gasteiger partial charge in [0, 0.05) is 0 Å². The molecule has 0 aliphatic carbocycles. The number of rotatable bonds is 4. The van der Waals surface area contributed by atoms with Crippen molar-refractivity contribution in [2.45, 2.75) is 6.10 Å². The van der Waals surface area contributed by atoms with E-state index in [1.54, 1.807) is 6.07 Å². The average molecular weight is 463 g/mol. The molecule has 1 aliphatic heterocycles. The van der Waals surface area contributed by atoms with Gasteiger partial charge < -0.3 is 0 Å². The molecule has 0 aromatic heterocycles. The van der Waals surface area contributed by atoms with Crippen LogP contribution >= 0.6 is 6.83 Å². The van der Waals surface area contributed by atoms with Gasteiger partial charge in [0.1, 0.15) is 0 Å². The van der Waals surface area contributed by atoms with Crippen molar-refractivity contribution in [1.82, 2.24) is 0 Å². The maximum absolute atomic E-state index is 15.3. The summed E-state index contributed by atoms with van der Waals surface area (Å²) in [5.74, 6) is -0.255. The van der Waals surface area contributed by atoms with E-state index in [9.17, 15) is 0 Å². The fourth-order valence-electron chi connectivity index (χ4n) is 5.52. The number of halogens is 1. The van der Waals surface area contributed by atoms with Crippen LogP contribution in [-0.2, 0) is 4.52 Å². The molecule has 1 nitrogen and oxygen atoms in total. The van der Waals surface area contributed by atoms with Crippen LogP contribution in [0.1, 0.15) is 17.2 Å². The molecule has 0 bridgehead atoms. The van der Waals surface area contributed by atoms with Crippen LogP contribution in [0, 0.1) is 5.82 Å². The van der Waals surface area contributed by atoms with Crippen molar-refractivity contribution in [3.8, 4) is 0 Å². The van der Waals surface area contributed by atoms with Crippen LogP contribution in [0.2, 0.25) is 0 Å². The Balaban J connectivity index is 1.83. The molecule has 0 radical (unpaired) electrons. The molecular weight excluding hydrogens is 438 g/mol. The van der Waals surface area contributed by atoms with Gasteiger partial charge in [0.25, 0.3) is 0 Å². The second-order valence-corrected chi connectivity index (χ2v) is 12.9. The van der Waals surface area contributed by atoms with E-state index in [-0.39, 0.29) is 5.82 Å². The van der Waals surface area contributed by atoms with Crippen molar-refractivity contribution in [2.24, 2.45) is 0 Å². The minimum atomic E-state index is -3.70. The van der Waals surface area contributed by atoms with Gasteiger partial charge in [0.15, 0.2) is 0 Å². The standard InChI is InChI=1S/C31H24FOP/c32-29-22-12-10-20-27(29)31-28-21-11-13-23-30(28)34(33-31,24-14-4-1-5-15-24,25-16-6-2-7-17-25)26-18-8-3-9-19-26/h1-23,31H/t31-/m0/s1. The fraction of sp³-hybridized carbons (Fsp3) is 0.0323. The molecule has 6 rings (SSSR count). The van der Waals surface area contributed by atoms with Crippen molar-refractivity contribution in [2.75, 3.05) is 0 Å². The molecule has 3 heteroatoms. The van der Waals surface area contributed by atoms with Crippen molar-refractivity contribution >= 4 is 28.0 Å². The third-order valence-electron chi connectivity index (χ3n) is 6.93. The first-order chi connectivity index (χ1) is 16.8. The summed E-state index contributed by atoms with van der Waals surface area (Å²) in [5, 5.41) is 4.46. The molecule has 0 saturated carbocycles. The summed E-state index contributed by atoms with van der Waals surface area (Å²) in [6.07, 6.45) is -0.532. The predicted octanol–water partition coefficient (Wildman–Crippen LogP) is 6.02. The summed E-state index contributed by atoms with van der Waals surface area (Å²) in [6.45, 7) is -3.70. The molecule has 1 atom stereocenters. The number of hydrogen-bond donors (Lipinski definition) is 0. The van der Waals surface area contributed by atoms with Crippen LogP contribution in [0.3, 0.4) is 0 Å². The normalized spacial score (nSPS) is 19.0. The van der Waals surface area contributed by atoms with Gasteiger partial charge in [0.2, 0.25) is 0 Å². The zero-order valence-corrected chi connectivity index (χ0v) is 19.5. The van der Waals surface area contributed by atoms with E-state index in [0.29, 0.717) is 5.56 Å². The summed E-state index contributed by atoms with van der Waals surface area (Å²) in [6, 6.07) is 46.8. The first-order valence-corrected chi connectivity index (χ1v) is 13.6. The van der Waals surface area contributed by atoms with E-state index in [1.165, 1.54) is 6.07 Å². The van der Waals surface area contributed by atoms with Gasteiger partial charge in [-0.25, -0.2) is 0 Å². The molecule has 0 amide bonds. The average Bonchev–Trinajstić information content (AvgIpc) is 3.24. The van der Waals surface area contributed by atoms with E-state index in [4.69, 9.17) is 4.52 Å². The van der Waals surface area contributed by atoms with Crippen LogP contribution < -0.4 is 21.2 Å². The van der Waals surface area contributed by atoms with Gasteiger partial charge >= 0.3 is 200 Å². The van der Waals surface area contributed by atoms with Crippen molar-refractivity contribution in [3.05, 3.63) is 156 Å². The Bertz CT molecular complexity index is 1350. The van der Waals surface area contributed by atoms with Crippen molar-refractivity contribution < 1.29 is 8.91 Å². The first-order valence-electron chi connectivity index (χ1n) is 11.5. The van der Waals surface area contributed by atoms with E-state index in [1.807, 2.05) is 36.4 Å². The summed E-state index contributed by atoms with van der Waals surface area (Å²) < 4.78 is 22.8. The molecule has 5 aromatic rings. The molecule has 0 unspecified atom stereocenters. The maximum atomic E-state index is 15.3. The zero-order valence-electron chi connectivity index (χ0n) is 18.6. The number of benzene rings is 5. The second-order valence-electron chi connectivity index (χ2n) is 8.61. The van der Waals surface area contributed by atoms with Crippen LogP contribution in [0.4, 0.5) is 4.39 Å². The Morgan fingerprint density at radius 2 is 0.882 bits per heavy atom. The molecule has 166 valence electrons. The molecule has 5 aromatic carbocycles. The van der Waals surface area contributed by atoms with Gasteiger partial charge in [-0.2, -0.15) is 0 Å². The van der Waals surface area contributed by atoms with Gasteiger partial charge in [0.05, 0.1) is 0 Å². The third-order valence-corrected chi connectivity index (χ3v) is 12.7. The summed E-state index contributed by atoms with van der Waals surface area (Å²) in [7, 11) is 0. The Hall–Kier alpha value is -3.58. The van der Waals surface area contributed by atoms with E-state index in [0.717, 1.165) is 26.8 Å². The van der Waals surface area contributed by atoms with Crippen LogP contribution in [-0.4, -0.2) is 0 Å². The molecular formula is C31H24FOP.